The van der Waals surface area contributed by atoms with Crippen molar-refractivity contribution in [1.29, 1.82) is 0 Å². The summed E-state index contributed by atoms with van der Waals surface area (Å²) in [6.07, 6.45) is 3.75. The summed E-state index contributed by atoms with van der Waals surface area (Å²) in [5.41, 5.74) is 1.07. The molecule has 0 bridgehead atoms. The van der Waals surface area contributed by atoms with Gasteiger partial charge in [-0.2, -0.15) is 0 Å². The van der Waals surface area contributed by atoms with Crippen LogP contribution >= 0.6 is 0 Å². The molecule has 0 heterocycles. The van der Waals surface area contributed by atoms with Crippen LogP contribution in [-0.2, 0) is 4.76 Å². The molecule has 0 N–H and O–H groups in total. The maximum absolute atomic E-state index is 5.31. The molecule has 1 aromatic carbocycles. The van der Waals surface area contributed by atoms with E-state index in [2.05, 4.69) is 19.0 Å². The van der Waals surface area contributed by atoms with E-state index in [4.69, 9.17) is 4.76 Å². The number of oxime groups is 1. The van der Waals surface area contributed by atoms with Crippen molar-refractivity contribution in [2.45, 2.75) is 26.5 Å². The van der Waals surface area contributed by atoms with Crippen LogP contribution < -0.4 is 0 Å². The first-order valence-electron chi connectivity index (χ1n) is 5.11. The molecule has 0 aliphatic rings. The molecule has 0 unspecified atom stereocenters. The van der Waals surface area contributed by atoms with Gasteiger partial charge in [0.2, 0.25) is 0 Å². The van der Waals surface area contributed by atoms with Crippen molar-refractivity contribution in [1.82, 2.24) is 0 Å². The predicted octanol–water partition coefficient (Wildman–Crippen LogP) is 3.07. The smallest absolute Gasteiger partial charge is 0.393 e. The summed E-state index contributed by atoms with van der Waals surface area (Å²) in [6.45, 7) is 4.45. The van der Waals surface area contributed by atoms with Crippen LogP contribution in [0, 0.1) is 0 Å². The molecule has 0 radical (unpaired) electrons. The SMILES string of the molecule is CCB(CC)O/N=C/c1ccccc1. The van der Waals surface area contributed by atoms with Gasteiger partial charge in [-0.05, 0) is 18.2 Å². The number of nitrogens with zero attached hydrogens (tertiary/aromatic N) is 1. The second-order valence-electron chi connectivity index (χ2n) is 3.19. The van der Waals surface area contributed by atoms with Gasteiger partial charge in [0.05, 0.1) is 6.21 Å². The topological polar surface area (TPSA) is 21.6 Å². The molecule has 0 aromatic heterocycles. The van der Waals surface area contributed by atoms with Gasteiger partial charge >= 0.3 is 6.92 Å². The number of hydrogen-bond donors (Lipinski definition) is 0. The lowest BCUT2D eigenvalue weighted by Gasteiger charge is -2.04. The molecule has 14 heavy (non-hydrogen) atoms. The van der Waals surface area contributed by atoms with Gasteiger partial charge in [-0.1, -0.05) is 44.2 Å². The third kappa shape index (κ3) is 3.65. The van der Waals surface area contributed by atoms with Gasteiger partial charge in [0, 0.05) is 0 Å². The number of rotatable bonds is 5. The second-order valence-corrected chi connectivity index (χ2v) is 3.19. The lowest BCUT2D eigenvalue weighted by Crippen LogP contribution is -2.11. The fourth-order valence-corrected chi connectivity index (χ4v) is 1.15. The molecular formula is C11H16BNO. The maximum atomic E-state index is 5.31. The van der Waals surface area contributed by atoms with Crippen molar-refractivity contribution in [3.8, 4) is 0 Å². The molecule has 1 rings (SSSR count). The first-order chi connectivity index (χ1) is 6.86. The normalized spacial score (nSPS) is 10.4. The zero-order valence-corrected chi connectivity index (χ0v) is 8.81. The quantitative estimate of drug-likeness (QED) is 0.396. The highest BCUT2D eigenvalue weighted by molar-refractivity contribution is 6.51. The van der Waals surface area contributed by atoms with Crippen molar-refractivity contribution >= 4 is 13.1 Å². The Balaban J connectivity index is 2.41. The molecule has 0 saturated heterocycles. The highest BCUT2D eigenvalue weighted by atomic mass is 16.6. The van der Waals surface area contributed by atoms with E-state index in [1.165, 1.54) is 0 Å². The average molecular weight is 189 g/mol. The van der Waals surface area contributed by atoms with Gasteiger partial charge in [0.25, 0.3) is 0 Å². The molecule has 0 aliphatic carbocycles. The van der Waals surface area contributed by atoms with E-state index in [1.807, 2.05) is 30.3 Å². The second kappa shape index (κ2) is 6.25. The molecule has 1 aromatic rings. The van der Waals surface area contributed by atoms with Crippen LogP contribution in [0.5, 0.6) is 0 Å². The summed E-state index contributed by atoms with van der Waals surface area (Å²) in [4.78, 5) is 0. The van der Waals surface area contributed by atoms with Crippen LogP contribution in [0.3, 0.4) is 0 Å². The van der Waals surface area contributed by atoms with E-state index in [0.29, 0.717) is 0 Å². The molecule has 3 heteroatoms. The summed E-state index contributed by atoms with van der Waals surface area (Å²) in [7, 11) is 0. The highest BCUT2D eigenvalue weighted by Gasteiger charge is 2.10. The third-order valence-corrected chi connectivity index (χ3v) is 2.12. The van der Waals surface area contributed by atoms with E-state index in [9.17, 15) is 0 Å². The molecule has 0 spiro atoms. The van der Waals surface area contributed by atoms with Crippen LogP contribution in [0.1, 0.15) is 19.4 Å². The Morgan fingerprint density at radius 2 is 1.86 bits per heavy atom. The third-order valence-electron chi connectivity index (χ3n) is 2.12. The zero-order chi connectivity index (χ0) is 10.2. The standard InChI is InChI=1S/C11H16BNO/c1-3-12(4-2)14-13-10-11-8-6-5-7-9-11/h5-10H,3-4H2,1-2H3/b13-10+. The molecule has 2 nitrogen and oxygen atoms in total. The molecule has 0 fully saturated rings. The van der Waals surface area contributed by atoms with E-state index in [1.54, 1.807) is 6.21 Å². The predicted molar refractivity (Wildman–Crippen MR) is 61.8 cm³/mol. The molecular weight excluding hydrogens is 173 g/mol. The Labute approximate surface area is 86.1 Å². The Bertz CT molecular complexity index is 270. The Hall–Kier alpha value is -1.25. The first kappa shape index (κ1) is 10.8. The van der Waals surface area contributed by atoms with Crippen LogP contribution in [0.15, 0.2) is 35.5 Å². The minimum atomic E-state index is 0.245. The maximum Gasteiger partial charge on any atom is 0.393 e. The molecule has 0 aliphatic heterocycles. The van der Waals surface area contributed by atoms with Gasteiger partial charge in [-0.15, -0.1) is 5.16 Å². The van der Waals surface area contributed by atoms with E-state index < -0.39 is 0 Å². The molecule has 0 saturated carbocycles. The molecule has 74 valence electrons. The number of benzene rings is 1. The van der Waals surface area contributed by atoms with E-state index in [-0.39, 0.29) is 6.92 Å². The van der Waals surface area contributed by atoms with Crippen LogP contribution in [-0.4, -0.2) is 13.1 Å². The minimum absolute atomic E-state index is 0.245. The zero-order valence-electron chi connectivity index (χ0n) is 8.81. The van der Waals surface area contributed by atoms with Crippen LogP contribution in [0.2, 0.25) is 12.6 Å². The van der Waals surface area contributed by atoms with Gasteiger partial charge in [-0.3, -0.25) is 0 Å². The van der Waals surface area contributed by atoms with E-state index in [0.717, 1.165) is 18.2 Å². The fraction of sp³-hybridized carbons (Fsp3) is 0.364. The monoisotopic (exact) mass is 189 g/mol. The number of hydrogen-bond acceptors (Lipinski definition) is 2. The van der Waals surface area contributed by atoms with Crippen LogP contribution in [0.25, 0.3) is 0 Å². The lowest BCUT2D eigenvalue weighted by molar-refractivity contribution is 0.346. The minimum Gasteiger partial charge on any atom is -0.470 e. The van der Waals surface area contributed by atoms with Crippen molar-refractivity contribution in [2.75, 3.05) is 0 Å². The summed E-state index contributed by atoms with van der Waals surface area (Å²) in [5, 5.41) is 3.96. The first-order valence-corrected chi connectivity index (χ1v) is 5.11. The van der Waals surface area contributed by atoms with Crippen molar-refractivity contribution in [2.24, 2.45) is 5.16 Å². The van der Waals surface area contributed by atoms with Gasteiger partial charge in [-0.25, -0.2) is 0 Å². The Morgan fingerprint density at radius 1 is 1.21 bits per heavy atom. The highest BCUT2D eigenvalue weighted by Crippen LogP contribution is 2.01. The van der Waals surface area contributed by atoms with Crippen molar-refractivity contribution in [3.63, 3.8) is 0 Å². The lowest BCUT2D eigenvalue weighted by atomic mass is 9.63. The molecule has 0 amide bonds. The fourth-order valence-electron chi connectivity index (χ4n) is 1.15. The summed E-state index contributed by atoms with van der Waals surface area (Å²) >= 11 is 0. The van der Waals surface area contributed by atoms with Crippen LogP contribution in [0.4, 0.5) is 0 Å². The molecule has 0 atom stereocenters. The largest absolute Gasteiger partial charge is 0.470 e. The summed E-state index contributed by atoms with van der Waals surface area (Å²) < 4.78 is 5.31. The Morgan fingerprint density at radius 3 is 2.43 bits per heavy atom. The summed E-state index contributed by atoms with van der Waals surface area (Å²) in [6, 6.07) is 9.95. The van der Waals surface area contributed by atoms with Gasteiger partial charge < -0.3 is 4.76 Å². The van der Waals surface area contributed by atoms with Gasteiger partial charge in [0.1, 0.15) is 0 Å². The van der Waals surface area contributed by atoms with E-state index >= 15 is 0 Å². The summed E-state index contributed by atoms with van der Waals surface area (Å²) in [5.74, 6) is 0. The average Bonchev–Trinajstić information content (AvgIpc) is 2.26. The van der Waals surface area contributed by atoms with Crippen molar-refractivity contribution in [3.05, 3.63) is 35.9 Å². The van der Waals surface area contributed by atoms with Crippen molar-refractivity contribution < 1.29 is 4.76 Å². The Kier molecular flexibility index (Phi) is 4.83. The van der Waals surface area contributed by atoms with Gasteiger partial charge in [0.15, 0.2) is 0 Å².